The second kappa shape index (κ2) is 12.0. The van der Waals surface area contributed by atoms with E-state index in [1.54, 1.807) is 0 Å². The van der Waals surface area contributed by atoms with Gasteiger partial charge in [-0.05, 0) is 12.8 Å². The van der Waals surface area contributed by atoms with Crippen LogP contribution in [0.5, 0.6) is 0 Å². The molecule has 15 heavy (non-hydrogen) atoms. The number of aliphatic carboxylic acids is 1. The Morgan fingerprint density at radius 1 is 1.00 bits per heavy atom. The summed E-state index contributed by atoms with van der Waals surface area (Å²) in [7, 11) is 1.38. The second-order valence-electron chi connectivity index (χ2n) is 3.24. The number of carboxylic acid groups (broad SMARTS) is 1. The quantitative estimate of drug-likeness (QED) is 0.385. The first-order chi connectivity index (χ1) is 6.66. The van der Waals surface area contributed by atoms with Crippen molar-refractivity contribution in [2.75, 3.05) is 7.11 Å². The van der Waals surface area contributed by atoms with Crippen LogP contribution in [0.4, 0.5) is 0 Å². The monoisotopic (exact) mass is 226 g/mol. The van der Waals surface area contributed by atoms with Crippen molar-refractivity contribution in [3.05, 3.63) is 0 Å². The standard InChI is InChI=1S/C10H18O4.Na.H/c1-14-10(13)8-6-4-2-3-5-7-9(11)12;;/h2-8H2,1H3,(H,11,12);;. The van der Waals surface area contributed by atoms with Gasteiger partial charge < -0.3 is 9.84 Å². The molecule has 1 N–H and O–H groups in total. The molecular weight excluding hydrogens is 207 g/mol. The number of carboxylic acids is 1. The van der Waals surface area contributed by atoms with Crippen molar-refractivity contribution in [2.24, 2.45) is 0 Å². The van der Waals surface area contributed by atoms with Gasteiger partial charge in [0.2, 0.25) is 0 Å². The molecule has 0 spiro atoms. The van der Waals surface area contributed by atoms with Crippen LogP contribution in [0.3, 0.4) is 0 Å². The fraction of sp³-hybridized carbons (Fsp3) is 0.800. The van der Waals surface area contributed by atoms with E-state index in [1.165, 1.54) is 7.11 Å². The van der Waals surface area contributed by atoms with Crippen molar-refractivity contribution in [1.82, 2.24) is 0 Å². The predicted molar refractivity (Wildman–Crippen MR) is 59.1 cm³/mol. The molecule has 0 atom stereocenters. The maximum absolute atomic E-state index is 10.7. The molecule has 5 heteroatoms. The minimum absolute atomic E-state index is 0. The molecule has 0 aliphatic heterocycles. The summed E-state index contributed by atoms with van der Waals surface area (Å²) < 4.78 is 4.49. The SMILES string of the molecule is COC(=O)CCCCCCCC(=O)O.[NaH]. The van der Waals surface area contributed by atoms with Crippen LogP contribution in [0, 0.1) is 0 Å². The minimum atomic E-state index is -0.737. The Kier molecular flexibility index (Phi) is 13.9. The molecule has 0 fully saturated rings. The van der Waals surface area contributed by atoms with E-state index in [4.69, 9.17) is 5.11 Å². The van der Waals surface area contributed by atoms with Crippen LogP contribution < -0.4 is 0 Å². The van der Waals surface area contributed by atoms with Crippen LogP contribution in [0.25, 0.3) is 0 Å². The van der Waals surface area contributed by atoms with Gasteiger partial charge in [0.05, 0.1) is 7.11 Å². The van der Waals surface area contributed by atoms with Gasteiger partial charge in [0.25, 0.3) is 0 Å². The number of carbonyl (C=O) groups excluding carboxylic acids is 1. The van der Waals surface area contributed by atoms with E-state index in [-0.39, 0.29) is 41.9 Å². The number of methoxy groups -OCH3 is 1. The normalized spacial score (nSPS) is 9.13. The van der Waals surface area contributed by atoms with Gasteiger partial charge in [-0.3, -0.25) is 9.59 Å². The second-order valence-corrected chi connectivity index (χ2v) is 3.24. The number of carbonyl (C=O) groups is 2. The summed E-state index contributed by atoms with van der Waals surface area (Å²) in [6.07, 6.45) is 5.16. The van der Waals surface area contributed by atoms with E-state index in [0.717, 1.165) is 32.1 Å². The molecular formula is C10H19NaO4. The topological polar surface area (TPSA) is 63.6 Å². The van der Waals surface area contributed by atoms with E-state index in [2.05, 4.69) is 4.74 Å². The van der Waals surface area contributed by atoms with E-state index < -0.39 is 5.97 Å². The van der Waals surface area contributed by atoms with Crippen molar-refractivity contribution in [1.29, 1.82) is 0 Å². The van der Waals surface area contributed by atoms with Gasteiger partial charge in [-0.25, -0.2) is 0 Å². The molecule has 0 aliphatic carbocycles. The molecule has 0 aromatic heterocycles. The summed E-state index contributed by atoms with van der Waals surface area (Å²) in [6.45, 7) is 0. The number of esters is 1. The zero-order chi connectivity index (χ0) is 10.8. The van der Waals surface area contributed by atoms with Crippen LogP contribution in [0.2, 0.25) is 0 Å². The van der Waals surface area contributed by atoms with Gasteiger partial charge in [0, 0.05) is 12.8 Å². The fourth-order valence-corrected chi connectivity index (χ4v) is 1.18. The van der Waals surface area contributed by atoms with Crippen LogP contribution in [0.15, 0.2) is 0 Å². The molecule has 0 aromatic rings. The zero-order valence-corrected chi connectivity index (χ0v) is 8.62. The number of ether oxygens (including phenoxy) is 1. The van der Waals surface area contributed by atoms with E-state index in [1.807, 2.05) is 0 Å². The predicted octanol–water partition coefficient (Wildman–Crippen LogP) is 1.33. The third-order valence-electron chi connectivity index (χ3n) is 2.00. The first-order valence-electron chi connectivity index (χ1n) is 4.95. The molecule has 0 aliphatic rings. The molecule has 84 valence electrons. The van der Waals surface area contributed by atoms with Gasteiger partial charge in [-0.1, -0.05) is 19.3 Å². The van der Waals surface area contributed by atoms with Gasteiger partial charge >= 0.3 is 41.5 Å². The third kappa shape index (κ3) is 13.9. The Morgan fingerprint density at radius 3 is 1.93 bits per heavy atom. The zero-order valence-electron chi connectivity index (χ0n) is 8.62. The molecule has 0 saturated carbocycles. The summed E-state index contributed by atoms with van der Waals surface area (Å²) in [5.41, 5.74) is 0. The summed E-state index contributed by atoms with van der Waals surface area (Å²) in [6, 6.07) is 0. The Hall–Kier alpha value is -0.0600. The molecule has 0 saturated heterocycles. The molecule has 0 bridgehead atoms. The number of hydrogen-bond donors (Lipinski definition) is 1. The fourth-order valence-electron chi connectivity index (χ4n) is 1.18. The summed E-state index contributed by atoms with van der Waals surface area (Å²) in [5.74, 6) is -0.907. The van der Waals surface area contributed by atoms with Crippen molar-refractivity contribution >= 4 is 41.5 Å². The summed E-state index contributed by atoms with van der Waals surface area (Å²) in [4.78, 5) is 20.8. The van der Waals surface area contributed by atoms with Gasteiger partial charge in [0.1, 0.15) is 0 Å². The molecule has 4 nitrogen and oxygen atoms in total. The summed E-state index contributed by atoms with van der Waals surface area (Å²) >= 11 is 0. The van der Waals surface area contributed by atoms with E-state index in [9.17, 15) is 9.59 Å². The average molecular weight is 226 g/mol. The molecule has 0 rings (SSSR count). The molecule has 0 amide bonds. The first-order valence-corrected chi connectivity index (χ1v) is 4.95. The molecule has 0 unspecified atom stereocenters. The van der Waals surface area contributed by atoms with Crippen molar-refractivity contribution in [3.8, 4) is 0 Å². The molecule has 0 aromatic carbocycles. The van der Waals surface area contributed by atoms with Crippen LogP contribution in [-0.2, 0) is 14.3 Å². The van der Waals surface area contributed by atoms with E-state index in [0.29, 0.717) is 6.42 Å². The third-order valence-corrected chi connectivity index (χ3v) is 2.00. The van der Waals surface area contributed by atoms with Crippen LogP contribution in [0.1, 0.15) is 44.9 Å². The first kappa shape index (κ1) is 17.3. The number of unbranched alkanes of at least 4 members (excludes halogenated alkanes) is 4. The summed E-state index contributed by atoms with van der Waals surface area (Å²) in [5, 5.41) is 8.36. The van der Waals surface area contributed by atoms with Crippen molar-refractivity contribution in [2.45, 2.75) is 44.9 Å². The van der Waals surface area contributed by atoms with Gasteiger partial charge in [-0.2, -0.15) is 0 Å². The van der Waals surface area contributed by atoms with Crippen LogP contribution >= 0.6 is 0 Å². The van der Waals surface area contributed by atoms with Gasteiger partial charge in [0.15, 0.2) is 0 Å². The number of hydrogen-bond acceptors (Lipinski definition) is 3. The Balaban J connectivity index is 0. The Morgan fingerprint density at radius 2 is 1.47 bits per heavy atom. The van der Waals surface area contributed by atoms with Crippen molar-refractivity contribution in [3.63, 3.8) is 0 Å². The van der Waals surface area contributed by atoms with Crippen molar-refractivity contribution < 1.29 is 19.4 Å². The average Bonchev–Trinajstić information content (AvgIpc) is 2.15. The van der Waals surface area contributed by atoms with E-state index >= 15 is 0 Å². The maximum atomic E-state index is 10.7. The molecule has 0 radical (unpaired) electrons. The van der Waals surface area contributed by atoms with Gasteiger partial charge in [-0.15, -0.1) is 0 Å². The number of rotatable bonds is 8. The molecule has 0 heterocycles. The van der Waals surface area contributed by atoms with Crippen LogP contribution in [-0.4, -0.2) is 53.7 Å². The Labute approximate surface area is 113 Å². The Bertz CT molecular complexity index is 182.